The zero-order valence-electron chi connectivity index (χ0n) is 7.75. The molecule has 4 heteroatoms. The Labute approximate surface area is 90.9 Å². The lowest BCUT2D eigenvalue weighted by Gasteiger charge is -1.93. The van der Waals surface area contributed by atoms with Crippen LogP contribution in [0.2, 0.25) is 5.15 Å². The molecule has 72 valence electrons. The first-order chi connectivity index (χ1) is 6.75. The summed E-state index contributed by atoms with van der Waals surface area (Å²) in [6.45, 7) is 2.12. The summed E-state index contributed by atoms with van der Waals surface area (Å²) in [4.78, 5) is 11.1. The Morgan fingerprint density at radius 1 is 1.50 bits per heavy atom. The van der Waals surface area contributed by atoms with Crippen molar-refractivity contribution in [3.8, 4) is 0 Å². The second kappa shape index (κ2) is 2.91. The zero-order chi connectivity index (χ0) is 9.71. The Hall–Kier alpha value is -0.670. The van der Waals surface area contributed by atoms with Crippen LogP contribution >= 0.6 is 22.9 Å². The Kier molecular flexibility index (Phi) is 1.79. The summed E-state index contributed by atoms with van der Waals surface area (Å²) >= 11 is 7.60. The van der Waals surface area contributed by atoms with E-state index < -0.39 is 0 Å². The fraction of sp³-hybridized carbons (Fsp3) is 0.400. The van der Waals surface area contributed by atoms with Crippen LogP contribution in [0, 0.1) is 6.92 Å². The van der Waals surface area contributed by atoms with Crippen LogP contribution in [0.5, 0.6) is 0 Å². The molecule has 0 spiro atoms. The van der Waals surface area contributed by atoms with Crippen LogP contribution < -0.4 is 0 Å². The molecule has 0 bridgehead atoms. The molecule has 1 aliphatic carbocycles. The molecule has 1 fully saturated rings. The fourth-order valence-corrected chi connectivity index (χ4v) is 3.10. The first-order valence-electron chi connectivity index (χ1n) is 4.67. The van der Waals surface area contributed by atoms with Gasteiger partial charge in [-0.25, -0.2) is 9.97 Å². The number of aromatic nitrogens is 2. The maximum Gasteiger partial charge on any atom is 0.148 e. The lowest BCUT2D eigenvalue weighted by molar-refractivity contribution is 1.15. The summed E-state index contributed by atoms with van der Waals surface area (Å²) in [5.74, 6) is 0.773. The molecule has 0 atom stereocenters. The van der Waals surface area contributed by atoms with Crippen LogP contribution in [-0.2, 0) is 0 Å². The van der Waals surface area contributed by atoms with Crippen molar-refractivity contribution in [2.24, 2.45) is 0 Å². The fourth-order valence-electron chi connectivity index (χ4n) is 1.71. The number of thiophene rings is 1. The number of fused-ring (bicyclic) bond motifs is 1. The van der Waals surface area contributed by atoms with Gasteiger partial charge in [-0.05, 0) is 31.2 Å². The van der Waals surface area contributed by atoms with Gasteiger partial charge in [0.25, 0.3) is 0 Å². The Morgan fingerprint density at radius 2 is 2.29 bits per heavy atom. The van der Waals surface area contributed by atoms with Gasteiger partial charge in [0.05, 0.1) is 6.20 Å². The van der Waals surface area contributed by atoms with Gasteiger partial charge in [0.1, 0.15) is 15.5 Å². The monoisotopic (exact) mass is 224 g/mol. The minimum Gasteiger partial charge on any atom is -0.240 e. The maximum atomic E-state index is 5.83. The summed E-state index contributed by atoms with van der Waals surface area (Å²) in [7, 11) is 0. The highest BCUT2D eigenvalue weighted by atomic mass is 35.5. The number of nitrogens with zero attached hydrogens (tertiary/aromatic N) is 2. The predicted octanol–water partition coefficient (Wildman–Crippen LogP) is 3.53. The van der Waals surface area contributed by atoms with E-state index in [1.54, 1.807) is 17.5 Å². The standard InChI is InChI=1S/C10H9ClN2S/c1-5-8-10(12-4-7(11)13-8)14-9(5)6-2-3-6/h4,6H,2-3H2,1H3. The minimum absolute atomic E-state index is 0.487. The Bertz CT molecular complexity index is 502. The molecular formula is C10H9ClN2S. The molecule has 1 aliphatic rings. The second-order valence-electron chi connectivity index (χ2n) is 3.71. The van der Waals surface area contributed by atoms with E-state index in [9.17, 15) is 0 Å². The van der Waals surface area contributed by atoms with Crippen molar-refractivity contribution in [3.05, 3.63) is 21.8 Å². The molecule has 0 aliphatic heterocycles. The van der Waals surface area contributed by atoms with E-state index in [-0.39, 0.29) is 0 Å². The van der Waals surface area contributed by atoms with Gasteiger partial charge < -0.3 is 0 Å². The van der Waals surface area contributed by atoms with E-state index >= 15 is 0 Å². The molecule has 3 rings (SSSR count). The molecule has 0 saturated heterocycles. The third-order valence-corrected chi connectivity index (χ3v) is 4.12. The summed E-state index contributed by atoms with van der Waals surface area (Å²) in [5, 5.41) is 0.487. The quantitative estimate of drug-likeness (QED) is 0.741. The smallest absolute Gasteiger partial charge is 0.148 e. The topological polar surface area (TPSA) is 25.8 Å². The second-order valence-corrected chi connectivity index (χ2v) is 5.13. The van der Waals surface area contributed by atoms with E-state index in [0.717, 1.165) is 16.3 Å². The highest BCUT2D eigenvalue weighted by Gasteiger charge is 2.28. The summed E-state index contributed by atoms with van der Waals surface area (Å²) < 4.78 is 0. The van der Waals surface area contributed by atoms with Gasteiger partial charge in [-0.3, -0.25) is 0 Å². The van der Waals surface area contributed by atoms with Crippen molar-refractivity contribution < 1.29 is 0 Å². The summed E-state index contributed by atoms with van der Waals surface area (Å²) in [6.07, 6.45) is 4.26. The van der Waals surface area contributed by atoms with Gasteiger partial charge in [-0.1, -0.05) is 11.6 Å². The lowest BCUT2D eigenvalue weighted by atomic mass is 10.2. The van der Waals surface area contributed by atoms with Crippen molar-refractivity contribution >= 4 is 33.3 Å². The molecule has 0 aromatic carbocycles. The van der Waals surface area contributed by atoms with Crippen LogP contribution in [0.15, 0.2) is 6.20 Å². The molecule has 14 heavy (non-hydrogen) atoms. The summed E-state index contributed by atoms with van der Waals surface area (Å²) in [5.41, 5.74) is 2.27. The normalized spacial score (nSPS) is 16.4. The number of hydrogen-bond acceptors (Lipinski definition) is 3. The van der Waals surface area contributed by atoms with E-state index in [2.05, 4.69) is 16.9 Å². The van der Waals surface area contributed by atoms with Gasteiger partial charge in [0.2, 0.25) is 0 Å². The number of hydrogen-bond donors (Lipinski definition) is 0. The van der Waals surface area contributed by atoms with E-state index in [1.807, 2.05) is 0 Å². The average molecular weight is 225 g/mol. The zero-order valence-corrected chi connectivity index (χ0v) is 9.32. The average Bonchev–Trinajstić information content (AvgIpc) is 2.95. The SMILES string of the molecule is Cc1c(C2CC2)sc2ncc(Cl)nc12. The predicted molar refractivity (Wildman–Crippen MR) is 59.1 cm³/mol. The molecule has 2 heterocycles. The van der Waals surface area contributed by atoms with Gasteiger partial charge in [0, 0.05) is 4.88 Å². The number of rotatable bonds is 1. The Balaban J connectivity index is 2.29. The van der Waals surface area contributed by atoms with Crippen LogP contribution in [0.1, 0.15) is 29.2 Å². The van der Waals surface area contributed by atoms with Gasteiger partial charge >= 0.3 is 0 Å². The van der Waals surface area contributed by atoms with Crippen LogP contribution in [0.25, 0.3) is 10.3 Å². The summed E-state index contributed by atoms with van der Waals surface area (Å²) in [6, 6.07) is 0. The van der Waals surface area contributed by atoms with Crippen molar-refractivity contribution in [1.82, 2.24) is 9.97 Å². The molecular weight excluding hydrogens is 216 g/mol. The molecule has 2 nitrogen and oxygen atoms in total. The van der Waals surface area contributed by atoms with Crippen LogP contribution in [0.4, 0.5) is 0 Å². The van der Waals surface area contributed by atoms with Gasteiger partial charge in [0.15, 0.2) is 0 Å². The highest BCUT2D eigenvalue weighted by molar-refractivity contribution is 7.18. The van der Waals surface area contributed by atoms with Gasteiger partial charge in [-0.2, -0.15) is 0 Å². The molecule has 2 aromatic heterocycles. The van der Waals surface area contributed by atoms with Crippen molar-refractivity contribution in [1.29, 1.82) is 0 Å². The first kappa shape index (κ1) is 8.62. The highest BCUT2D eigenvalue weighted by Crippen LogP contribution is 2.46. The van der Waals surface area contributed by atoms with Gasteiger partial charge in [-0.15, -0.1) is 11.3 Å². The molecule has 0 unspecified atom stereocenters. The number of aryl methyl sites for hydroxylation is 1. The van der Waals surface area contributed by atoms with E-state index in [1.165, 1.54) is 23.3 Å². The Morgan fingerprint density at radius 3 is 3.00 bits per heavy atom. The van der Waals surface area contributed by atoms with Crippen molar-refractivity contribution in [2.45, 2.75) is 25.7 Å². The van der Waals surface area contributed by atoms with E-state index in [0.29, 0.717) is 5.15 Å². The molecule has 2 aromatic rings. The maximum absolute atomic E-state index is 5.83. The third kappa shape index (κ3) is 1.23. The van der Waals surface area contributed by atoms with Crippen molar-refractivity contribution in [2.75, 3.05) is 0 Å². The lowest BCUT2D eigenvalue weighted by Crippen LogP contribution is -1.81. The molecule has 0 amide bonds. The van der Waals surface area contributed by atoms with Crippen molar-refractivity contribution in [3.63, 3.8) is 0 Å². The third-order valence-electron chi connectivity index (χ3n) is 2.59. The molecule has 1 saturated carbocycles. The number of halogens is 1. The first-order valence-corrected chi connectivity index (χ1v) is 5.86. The largest absolute Gasteiger partial charge is 0.240 e. The van der Waals surface area contributed by atoms with E-state index in [4.69, 9.17) is 11.6 Å². The molecule has 0 N–H and O–H groups in total. The van der Waals surface area contributed by atoms with Crippen LogP contribution in [-0.4, -0.2) is 9.97 Å². The minimum atomic E-state index is 0.487. The molecule has 0 radical (unpaired) electrons. The van der Waals surface area contributed by atoms with Crippen LogP contribution in [0.3, 0.4) is 0 Å².